The van der Waals surface area contributed by atoms with E-state index in [9.17, 15) is 0 Å². The van der Waals surface area contributed by atoms with Crippen molar-refractivity contribution in [1.82, 2.24) is 20.8 Å². The topological polar surface area (TPSA) is 63.0 Å². The fourth-order valence-electron chi connectivity index (χ4n) is 1.39. The molecule has 0 amide bonds. The van der Waals surface area contributed by atoms with Crippen molar-refractivity contribution in [1.29, 1.82) is 0 Å². The Balaban J connectivity index is 2.06. The maximum Gasteiger partial charge on any atom is 0.246 e. The molecule has 0 radical (unpaired) electrons. The first-order valence-corrected chi connectivity index (χ1v) is 5.95. The second-order valence-corrected chi connectivity index (χ2v) is 4.22. The lowest BCUT2D eigenvalue weighted by Gasteiger charge is -2.02. The molecule has 1 aromatic carbocycles. The molecule has 0 aliphatic carbocycles. The summed E-state index contributed by atoms with van der Waals surface area (Å²) in [4.78, 5) is 4.29. The van der Waals surface area contributed by atoms with Gasteiger partial charge >= 0.3 is 0 Å². The number of hydrogen-bond acceptors (Lipinski definition) is 4. The van der Waals surface area contributed by atoms with Gasteiger partial charge in [0.05, 0.1) is 6.54 Å². The molecule has 0 aliphatic heterocycles. The van der Waals surface area contributed by atoms with Crippen LogP contribution >= 0.6 is 12.2 Å². The minimum absolute atomic E-state index is 0.415. The lowest BCUT2D eigenvalue weighted by molar-refractivity contribution is 0.376. The molecular formula is C12H14N4OS. The van der Waals surface area contributed by atoms with Crippen LogP contribution in [0.4, 0.5) is 0 Å². The van der Waals surface area contributed by atoms with Crippen molar-refractivity contribution in [3.63, 3.8) is 0 Å². The van der Waals surface area contributed by atoms with Crippen LogP contribution in [-0.4, -0.2) is 22.3 Å². The largest absolute Gasteiger partial charge is 0.366 e. The summed E-state index contributed by atoms with van der Waals surface area (Å²) < 4.78 is 5.13. The molecule has 5 nitrogen and oxygen atoms in total. The van der Waals surface area contributed by atoms with Crippen molar-refractivity contribution in [2.24, 2.45) is 0 Å². The van der Waals surface area contributed by atoms with Crippen LogP contribution < -0.4 is 10.6 Å². The third-order valence-corrected chi connectivity index (χ3v) is 2.75. The summed E-state index contributed by atoms with van der Waals surface area (Å²) in [7, 11) is 1.75. The zero-order valence-electron chi connectivity index (χ0n) is 10.2. The summed E-state index contributed by atoms with van der Waals surface area (Å²) in [5.74, 6) is 1.09. The van der Waals surface area contributed by atoms with Crippen molar-refractivity contribution in [3.05, 3.63) is 35.7 Å². The van der Waals surface area contributed by atoms with Gasteiger partial charge in [0, 0.05) is 12.6 Å². The van der Waals surface area contributed by atoms with E-state index in [-0.39, 0.29) is 0 Å². The van der Waals surface area contributed by atoms with Crippen molar-refractivity contribution in [3.8, 4) is 11.4 Å². The number of hydrogen-bond donors (Lipinski definition) is 2. The molecule has 2 N–H and O–H groups in total. The third-order valence-electron chi connectivity index (χ3n) is 2.41. The Bertz CT molecular complexity index is 535. The highest BCUT2D eigenvalue weighted by Crippen LogP contribution is 2.16. The van der Waals surface area contributed by atoms with Gasteiger partial charge in [-0.2, -0.15) is 4.98 Å². The van der Waals surface area contributed by atoms with Gasteiger partial charge in [-0.05, 0) is 19.1 Å². The summed E-state index contributed by atoms with van der Waals surface area (Å²) >= 11 is 4.96. The Morgan fingerprint density at radius 2 is 2.06 bits per heavy atom. The molecule has 0 bridgehead atoms. The van der Waals surface area contributed by atoms with Gasteiger partial charge in [-0.15, -0.1) is 0 Å². The van der Waals surface area contributed by atoms with Crippen LogP contribution in [0.5, 0.6) is 0 Å². The summed E-state index contributed by atoms with van der Waals surface area (Å²) in [6.45, 7) is 2.45. The van der Waals surface area contributed by atoms with E-state index < -0.39 is 0 Å². The van der Waals surface area contributed by atoms with E-state index in [0.717, 1.165) is 5.56 Å². The van der Waals surface area contributed by atoms with Crippen LogP contribution in [0.25, 0.3) is 11.4 Å². The van der Waals surface area contributed by atoms with Crippen LogP contribution in [0.1, 0.15) is 11.5 Å². The second kappa shape index (κ2) is 5.59. The molecule has 0 fully saturated rings. The number of nitrogens with zero attached hydrogens (tertiary/aromatic N) is 2. The zero-order valence-corrected chi connectivity index (χ0v) is 11.0. The Kier molecular flexibility index (Phi) is 3.88. The summed E-state index contributed by atoms with van der Waals surface area (Å²) in [5.41, 5.74) is 2.13. The van der Waals surface area contributed by atoms with Crippen LogP contribution in [0.2, 0.25) is 0 Å². The molecule has 2 aromatic rings. The molecule has 6 heteroatoms. The number of aromatic nitrogens is 2. The number of aryl methyl sites for hydroxylation is 1. The molecular weight excluding hydrogens is 248 g/mol. The van der Waals surface area contributed by atoms with Gasteiger partial charge in [0.1, 0.15) is 0 Å². The Morgan fingerprint density at radius 3 is 2.72 bits per heavy atom. The van der Waals surface area contributed by atoms with E-state index >= 15 is 0 Å². The van der Waals surface area contributed by atoms with Crippen molar-refractivity contribution < 1.29 is 4.52 Å². The van der Waals surface area contributed by atoms with Gasteiger partial charge in [0.2, 0.25) is 11.7 Å². The summed E-state index contributed by atoms with van der Waals surface area (Å²) in [6, 6.07) is 7.96. The molecule has 2 rings (SSSR count). The first-order chi connectivity index (χ1) is 8.69. The van der Waals surface area contributed by atoms with E-state index in [2.05, 4.69) is 20.8 Å². The monoisotopic (exact) mass is 262 g/mol. The quantitative estimate of drug-likeness (QED) is 0.820. The van der Waals surface area contributed by atoms with Gasteiger partial charge < -0.3 is 15.2 Å². The Morgan fingerprint density at radius 1 is 1.33 bits per heavy atom. The van der Waals surface area contributed by atoms with E-state index in [0.29, 0.717) is 23.4 Å². The normalized spacial score (nSPS) is 10.1. The molecule has 1 aromatic heterocycles. The summed E-state index contributed by atoms with van der Waals surface area (Å²) in [6.07, 6.45) is 0. The highest BCUT2D eigenvalue weighted by molar-refractivity contribution is 7.80. The predicted octanol–water partition coefficient (Wildman–Crippen LogP) is 1.64. The zero-order chi connectivity index (χ0) is 13.0. The second-order valence-electron chi connectivity index (χ2n) is 3.81. The average molecular weight is 262 g/mol. The van der Waals surface area contributed by atoms with Gasteiger partial charge in [0.15, 0.2) is 5.11 Å². The van der Waals surface area contributed by atoms with Crippen LogP contribution in [-0.2, 0) is 6.54 Å². The first-order valence-electron chi connectivity index (χ1n) is 5.54. The van der Waals surface area contributed by atoms with Gasteiger partial charge in [-0.3, -0.25) is 0 Å². The van der Waals surface area contributed by atoms with Gasteiger partial charge in [0.25, 0.3) is 0 Å². The molecule has 1 heterocycles. The van der Waals surface area contributed by atoms with Crippen LogP contribution in [0.15, 0.2) is 28.8 Å². The van der Waals surface area contributed by atoms with Crippen molar-refractivity contribution >= 4 is 17.3 Å². The fraction of sp³-hybridized carbons (Fsp3) is 0.250. The van der Waals surface area contributed by atoms with E-state index in [1.165, 1.54) is 5.56 Å². The van der Waals surface area contributed by atoms with Gasteiger partial charge in [-0.1, -0.05) is 35.0 Å². The fourth-order valence-corrected chi connectivity index (χ4v) is 1.46. The lowest BCUT2D eigenvalue weighted by Crippen LogP contribution is -2.31. The van der Waals surface area contributed by atoms with E-state index in [1.54, 1.807) is 7.05 Å². The number of nitrogens with one attached hydrogen (secondary N) is 2. The molecule has 0 aliphatic rings. The lowest BCUT2D eigenvalue weighted by atomic mass is 10.1. The molecule has 18 heavy (non-hydrogen) atoms. The minimum Gasteiger partial charge on any atom is -0.366 e. The minimum atomic E-state index is 0.415. The van der Waals surface area contributed by atoms with Crippen LogP contribution in [0, 0.1) is 6.92 Å². The third kappa shape index (κ3) is 3.04. The number of benzene rings is 1. The molecule has 94 valence electrons. The van der Waals surface area contributed by atoms with Crippen molar-refractivity contribution in [2.45, 2.75) is 13.5 Å². The van der Waals surface area contributed by atoms with Gasteiger partial charge in [-0.25, -0.2) is 0 Å². The smallest absolute Gasteiger partial charge is 0.246 e. The predicted molar refractivity (Wildman–Crippen MR) is 73.0 cm³/mol. The average Bonchev–Trinajstić information content (AvgIpc) is 2.85. The molecule has 0 saturated carbocycles. The molecule has 0 unspecified atom stereocenters. The maximum absolute atomic E-state index is 5.13. The molecule has 0 saturated heterocycles. The number of rotatable bonds is 3. The highest BCUT2D eigenvalue weighted by atomic mass is 32.1. The first kappa shape index (κ1) is 12.5. The van der Waals surface area contributed by atoms with E-state index in [4.69, 9.17) is 16.7 Å². The maximum atomic E-state index is 5.13. The SMILES string of the molecule is CNC(=S)NCc1nc(-c2ccc(C)cc2)no1. The highest BCUT2D eigenvalue weighted by Gasteiger charge is 2.08. The van der Waals surface area contributed by atoms with Crippen molar-refractivity contribution in [2.75, 3.05) is 7.05 Å². The Labute approximate surface area is 111 Å². The van der Waals surface area contributed by atoms with E-state index in [1.807, 2.05) is 31.2 Å². The number of thiocarbonyl (C=S) groups is 1. The Hall–Kier alpha value is -1.95. The summed E-state index contributed by atoms with van der Waals surface area (Å²) in [5, 5.41) is 10.2. The van der Waals surface area contributed by atoms with Crippen LogP contribution in [0.3, 0.4) is 0 Å². The molecule has 0 atom stereocenters. The standard InChI is InChI=1S/C12H14N4OS/c1-8-3-5-9(6-4-8)11-15-10(17-16-11)7-14-12(18)13-2/h3-6H,7H2,1-2H3,(H2,13,14,18). The molecule has 0 spiro atoms.